The quantitative estimate of drug-likeness (QED) is 0.829. The van der Waals surface area contributed by atoms with Gasteiger partial charge >= 0.3 is 12.0 Å². The summed E-state index contributed by atoms with van der Waals surface area (Å²) in [5, 5.41) is 12.3. The Morgan fingerprint density at radius 3 is 2.89 bits per heavy atom. The van der Waals surface area contributed by atoms with Gasteiger partial charge in [-0.05, 0) is 50.0 Å². The molecule has 2 atom stereocenters. The van der Waals surface area contributed by atoms with Gasteiger partial charge in [0.1, 0.15) is 5.54 Å². The first-order chi connectivity index (χ1) is 9.04. The Morgan fingerprint density at radius 1 is 1.47 bits per heavy atom. The number of aliphatic carboxylic acids is 1. The van der Waals surface area contributed by atoms with Crippen molar-refractivity contribution in [3.63, 3.8) is 0 Å². The van der Waals surface area contributed by atoms with Crippen molar-refractivity contribution in [2.24, 2.45) is 5.92 Å². The molecule has 0 saturated carbocycles. The number of urea groups is 1. The third-order valence-corrected chi connectivity index (χ3v) is 5.39. The number of carboxylic acids is 1. The van der Waals surface area contributed by atoms with E-state index >= 15 is 0 Å². The van der Waals surface area contributed by atoms with Crippen molar-refractivity contribution in [3.05, 3.63) is 0 Å². The maximum atomic E-state index is 12.2. The summed E-state index contributed by atoms with van der Waals surface area (Å²) in [6, 6.07) is -0.221. The van der Waals surface area contributed by atoms with Crippen LogP contribution in [-0.2, 0) is 4.79 Å². The van der Waals surface area contributed by atoms with Gasteiger partial charge in [-0.2, -0.15) is 11.8 Å². The molecule has 0 bridgehead atoms. The van der Waals surface area contributed by atoms with Crippen LogP contribution in [-0.4, -0.2) is 52.1 Å². The lowest BCUT2D eigenvalue weighted by Crippen LogP contribution is -2.60. The molecule has 5 nitrogen and oxygen atoms in total. The first-order valence-corrected chi connectivity index (χ1v) is 8.06. The predicted octanol–water partition coefficient (Wildman–Crippen LogP) is 1.78. The van der Waals surface area contributed by atoms with Crippen LogP contribution in [0.15, 0.2) is 0 Å². The molecule has 2 heterocycles. The second-order valence-corrected chi connectivity index (χ2v) is 6.75. The van der Waals surface area contributed by atoms with E-state index in [1.165, 1.54) is 4.90 Å². The number of carbonyl (C=O) groups is 2. The summed E-state index contributed by atoms with van der Waals surface area (Å²) >= 11 is 1.92. The fourth-order valence-corrected chi connectivity index (χ4v) is 4.02. The molecule has 19 heavy (non-hydrogen) atoms. The van der Waals surface area contributed by atoms with E-state index in [4.69, 9.17) is 0 Å². The summed E-state index contributed by atoms with van der Waals surface area (Å²) in [5.41, 5.74) is -1.05. The summed E-state index contributed by atoms with van der Waals surface area (Å²) in [6.45, 7) is 2.85. The standard InChI is InChI=1S/C13H22N2O3S/c1-13(11(16)17)5-2-3-6-15(13)12(18)14-8-10-4-7-19-9-10/h10H,2-9H2,1H3,(H,14,18)(H,16,17). The minimum absolute atomic E-state index is 0.221. The van der Waals surface area contributed by atoms with Crippen LogP contribution in [0.5, 0.6) is 0 Å². The molecular weight excluding hydrogens is 264 g/mol. The highest BCUT2D eigenvalue weighted by molar-refractivity contribution is 7.99. The number of piperidine rings is 1. The Labute approximate surface area is 118 Å². The molecule has 2 amide bonds. The Bertz CT molecular complexity index is 358. The van der Waals surface area contributed by atoms with E-state index in [9.17, 15) is 14.7 Å². The SMILES string of the molecule is CC1(C(=O)O)CCCCN1C(=O)NCC1CCSC1. The Kier molecular flexibility index (Phi) is 4.60. The fourth-order valence-electron chi connectivity index (χ4n) is 2.74. The lowest BCUT2D eigenvalue weighted by molar-refractivity contribution is -0.150. The van der Waals surface area contributed by atoms with Crippen LogP contribution in [0.1, 0.15) is 32.6 Å². The number of amides is 2. The molecule has 2 fully saturated rings. The van der Waals surface area contributed by atoms with Crippen LogP contribution in [0.3, 0.4) is 0 Å². The van der Waals surface area contributed by atoms with Crippen LogP contribution in [0.25, 0.3) is 0 Å². The summed E-state index contributed by atoms with van der Waals surface area (Å²) < 4.78 is 0. The van der Waals surface area contributed by atoms with Gasteiger partial charge in [0.05, 0.1) is 0 Å². The van der Waals surface area contributed by atoms with E-state index in [0.29, 0.717) is 25.4 Å². The maximum Gasteiger partial charge on any atom is 0.329 e. The number of nitrogens with zero attached hydrogens (tertiary/aromatic N) is 1. The van der Waals surface area contributed by atoms with Gasteiger partial charge in [0.15, 0.2) is 0 Å². The van der Waals surface area contributed by atoms with Gasteiger partial charge in [0, 0.05) is 13.1 Å². The summed E-state index contributed by atoms with van der Waals surface area (Å²) in [6.07, 6.45) is 3.43. The molecule has 108 valence electrons. The largest absolute Gasteiger partial charge is 0.480 e. The molecule has 2 aliphatic rings. The van der Waals surface area contributed by atoms with Gasteiger partial charge in [-0.25, -0.2) is 9.59 Å². The third-order valence-electron chi connectivity index (χ3n) is 4.16. The highest BCUT2D eigenvalue weighted by Gasteiger charge is 2.43. The van der Waals surface area contributed by atoms with Crippen molar-refractivity contribution in [3.8, 4) is 0 Å². The number of likely N-dealkylation sites (tertiary alicyclic amines) is 1. The molecule has 0 radical (unpaired) electrons. The second kappa shape index (κ2) is 6.03. The molecular formula is C13H22N2O3S. The number of carbonyl (C=O) groups excluding carboxylic acids is 1. The zero-order chi connectivity index (χ0) is 13.9. The molecule has 0 aromatic rings. The topological polar surface area (TPSA) is 69.6 Å². The Balaban J connectivity index is 1.93. The molecule has 2 N–H and O–H groups in total. The molecule has 6 heteroatoms. The van der Waals surface area contributed by atoms with Crippen LogP contribution >= 0.6 is 11.8 Å². The molecule has 2 saturated heterocycles. The monoisotopic (exact) mass is 286 g/mol. The van der Waals surface area contributed by atoms with Gasteiger partial charge in [-0.1, -0.05) is 0 Å². The lowest BCUT2D eigenvalue weighted by atomic mass is 9.89. The molecule has 2 rings (SSSR count). The lowest BCUT2D eigenvalue weighted by Gasteiger charge is -2.41. The van der Waals surface area contributed by atoms with Crippen LogP contribution in [0.2, 0.25) is 0 Å². The average Bonchev–Trinajstić information content (AvgIpc) is 2.89. The zero-order valence-electron chi connectivity index (χ0n) is 11.4. The first kappa shape index (κ1) is 14.5. The van der Waals surface area contributed by atoms with Crippen molar-refractivity contribution in [1.82, 2.24) is 10.2 Å². The van der Waals surface area contributed by atoms with Gasteiger partial charge in [0.2, 0.25) is 0 Å². The summed E-state index contributed by atoms with van der Waals surface area (Å²) in [5.74, 6) is 1.89. The van der Waals surface area contributed by atoms with Crippen LogP contribution < -0.4 is 5.32 Å². The smallest absolute Gasteiger partial charge is 0.329 e. The van der Waals surface area contributed by atoms with E-state index in [1.807, 2.05) is 11.8 Å². The molecule has 0 aromatic heterocycles. The van der Waals surface area contributed by atoms with Gasteiger partial charge < -0.3 is 15.3 Å². The summed E-state index contributed by atoms with van der Waals surface area (Å²) in [7, 11) is 0. The highest BCUT2D eigenvalue weighted by atomic mass is 32.2. The van der Waals surface area contributed by atoms with Gasteiger partial charge in [-0.3, -0.25) is 0 Å². The normalized spacial score (nSPS) is 31.2. The van der Waals surface area contributed by atoms with Crippen LogP contribution in [0, 0.1) is 5.92 Å². The second-order valence-electron chi connectivity index (χ2n) is 5.60. The fraction of sp³-hybridized carbons (Fsp3) is 0.846. The Morgan fingerprint density at radius 2 is 2.26 bits per heavy atom. The predicted molar refractivity (Wildman–Crippen MR) is 75.4 cm³/mol. The van der Waals surface area contributed by atoms with E-state index in [1.54, 1.807) is 6.92 Å². The average molecular weight is 286 g/mol. The minimum Gasteiger partial charge on any atom is -0.480 e. The first-order valence-electron chi connectivity index (χ1n) is 6.90. The molecule has 2 unspecified atom stereocenters. The highest BCUT2D eigenvalue weighted by Crippen LogP contribution is 2.28. The van der Waals surface area contributed by atoms with Crippen molar-refractivity contribution in [1.29, 1.82) is 0 Å². The molecule has 2 aliphatic heterocycles. The van der Waals surface area contributed by atoms with Gasteiger partial charge in [-0.15, -0.1) is 0 Å². The number of hydrogen-bond donors (Lipinski definition) is 2. The number of nitrogens with one attached hydrogen (secondary N) is 1. The zero-order valence-corrected chi connectivity index (χ0v) is 12.2. The molecule has 0 aromatic carbocycles. The van der Waals surface area contributed by atoms with E-state index in [2.05, 4.69) is 5.32 Å². The number of rotatable bonds is 3. The van der Waals surface area contributed by atoms with E-state index < -0.39 is 11.5 Å². The number of hydrogen-bond acceptors (Lipinski definition) is 3. The number of thioether (sulfide) groups is 1. The van der Waals surface area contributed by atoms with E-state index in [-0.39, 0.29) is 6.03 Å². The maximum absolute atomic E-state index is 12.2. The van der Waals surface area contributed by atoms with Crippen molar-refractivity contribution in [2.45, 2.75) is 38.1 Å². The van der Waals surface area contributed by atoms with Crippen LogP contribution in [0.4, 0.5) is 4.79 Å². The Hall–Kier alpha value is -0.910. The summed E-state index contributed by atoms with van der Waals surface area (Å²) in [4.78, 5) is 25.1. The van der Waals surface area contributed by atoms with E-state index in [0.717, 1.165) is 30.8 Å². The van der Waals surface area contributed by atoms with Gasteiger partial charge in [0.25, 0.3) is 0 Å². The third kappa shape index (κ3) is 3.16. The minimum atomic E-state index is -1.05. The van der Waals surface area contributed by atoms with Crippen molar-refractivity contribution < 1.29 is 14.7 Å². The molecule has 0 spiro atoms. The van der Waals surface area contributed by atoms with Crippen molar-refractivity contribution in [2.75, 3.05) is 24.6 Å². The molecule has 0 aliphatic carbocycles. The van der Waals surface area contributed by atoms with Crippen molar-refractivity contribution >= 4 is 23.8 Å². The number of carboxylic acid groups (broad SMARTS) is 1.